The maximum absolute atomic E-state index is 10.5. The van der Waals surface area contributed by atoms with Crippen LogP contribution in [-0.4, -0.2) is 26.2 Å². The van der Waals surface area contributed by atoms with Gasteiger partial charge in [0.15, 0.2) is 0 Å². The van der Waals surface area contributed by atoms with E-state index in [0.29, 0.717) is 10.0 Å². The number of hydrogen-bond acceptors (Lipinski definition) is 6. The molecule has 2 rings (SSSR count). The fourth-order valence-electron chi connectivity index (χ4n) is 1.67. The van der Waals surface area contributed by atoms with E-state index >= 15 is 0 Å². The van der Waals surface area contributed by atoms with Crippen LogP contribution in [0.4, 0.5) is 0 Å². The number of halogens is 2. The molecule has 0 heterocycles. The molecule has 0 fully saturated rings. The van der Waals surface area contributed by atoms with Gasteiger partial charge in [0.1, 0.15) is 11.5 Å². The van der Waals surface area contributed by atoms with Crippen molar-refractivity contribution in [1.82, 2.24) is 0 Å². The van der Waals surface area contributed by atoms with Crippen LogP contribution >= 0.6 is 23.2 Å². The molecule has 9 heteroatoms. The SMILES string of the molecule is COc1cc(Cl)ccc1C(=O)[O-].COc1cc(Cl)ccc1C(=O)[O-].[Zn+2]. The molecule has 0 spiro atoms. The Balaban J connectivity index is 0.000000443. The number of ether oxygens (including phenoxy) is 2. The summed E-state index contributed by atoms with van der Waals surface area (Å²) in [6, 6.07) is 8.47. The Morgan fingerprint density at radius 1 is 0.800 bits per heavy atom. The van der Waals surface area contributed by atoms with Gasteiger partial charge in [-0.15, -0.1) is 0 Å². The van der Waals surface area contributed by atoms with Gasteiger partial charge in [-0.25, -0.2) is 0 Å². The van der Waals surface area contributed by atoms with E-state index in [1.54, 1.807) is 0 Å². The van der Waals surface area contributed by atoms with Crippen LogP contribution in [0.5, 0.6) is 11.5 Å². The van der Waals surface area contributed by atoms with Crippen LogP contribution in [0.1, 0.15) is 20.7 Å². The van der Waals surface area contributed by atoms with Gasteiger partial charge in [0.2, 0.25) is 0 Å². The second-order valence-electron chi connectivity index (χ2n) is 4.26. The Bertz CT molecular complexity index is 688. The van der Waals surface area contributed by atoms with Crippen LogP contribution in [0.2, 0.25) is 10.0 Å². The van der Waals surface area contributed by atoms with Crippen molar-refractivity contribution in [3.63, 3.8) is 0 Å². The van der Waals surface area contributed by atoms with Gasteiger partial charge in [0.05, 0.1) is 26.2 Å². The summed E-state index contributed by atoms with van der Waals surface area (Å²) in [5, 5.41) is 21.8. The Morgan fingerprint density at radius 3 is 1.36 bits per heavy atom. The van der Waals surface area contributed by atoms with Gasteiger partial charge >= 0.3 is 19.5 Å². The van der Waals surface area contributed by atoms with E-state index in [0.717, 1.165) is 0 Å². The normalized spacial score (nSPS) is 9.12. The zero-order valence-electron chi connectivity index (χ0n) is 13.4. The molecule has 2 aromatic carbocycles. The van der Waals surface area contributed by atoms with Gasteiger partial charge in [0, 0.05) is 21.2 Å². The molecule has 0 aliphatic rings. The number of carboxylic acid groups (broad SMARTS) is 2. The molecule has 2 aromatic rings. The fraction of sp³-hybridized carbons (Fsp3) is 0.125. The van der Waals surface area contributed by atoms with Gasteiger partial charge in [-0.05, 0) is 36.4 Å². The van der Waals surface area contributed by atoms with Crippen molar-refractivity contribution in [1.29, 1.82) is 0 Å². The van der Waals surface area contributed by atoms with E-state index in [2.05, 4.69) is 0 Å². The summed E-state index contributed by atoms with van der Waals surface area (Å²) < 4.78 is 9.56. The minimum absolute atomic E-state index is 0. The number of benzene rings is 2. The molecule has 0 atom stereocenters. The van der Waals surface area contributed by atoms with Crippen LogP contribution in [0.15, 0.2) is 36.4 Å². The van der Waals surface area contributed by atoms with Gasteiger partial charge in [-0.1, -0.05) is 23.2 Å². The van der Waals surface area contributed by atoms with Crippen molar-refractivity contribution in [2.45, 2.75) is 0 Å². The van der Waals surface area contributed by atoms with Crippen molar-refractivity contribution < 1.29 is 48.8 Å². The number of aromatic carboxylic acids is 2. The first-order valence-electron chi connectivity index (χ1n) is 6.40. The van der Waals surface area contributed by atoms with Crippen molar-refractivity contribution in [2.75, 3.05) is 14.2 Å². The Labute approximate surface area is 167 Å². The first-order chi connectivity index (χ1) is 11.3. The fourth-order valence-corrected chi connectivity index (χ4v) is 1.99. The van der Waals surface area contributed by atoms with Crippen molar-refractivity contribution in [2.24, 2.45) is 0 Å². The summed E-state index contributed by atoms with van der Waals surface area (Å²) in [5.41, 5.74) is 0.00352. The van der Waals surface area contributed by atoms with Crippen LogP contribution < -0.4 is 19.7 Å². The smallest absolute Gasteiger partial charge is 0.545 e. The molecule has 0 bridgehead atoms. The molecule has 0 unspecified atom stereocenters. The number of rotatable bonds is 4. The van der Waals surface area contributed by atoms with Crippen LogP contribution in [0.25, 0.3) is 0 Å². The Kier molecular flexibility index (Phi) is 10.1. The van der Waals surface area contributed by atoms with Crippen LogP contribution in [0.3, 0.4) is 0 Å². The number of methoxy groups -OCH3 is 2. The molecule has 25 heavy (non-hydrogen) atoms. The molecule has 0 aliphatic heterocycles. The first-order valence-corrected chi connectivity index (χ1v) is 7.15. The van der Waals surface area contributed by atoms with Gasteiger partial charge in [0.25, 0.3) is 0 Å². The number of carbonyl (C=O) groups is 2. The largest absolute Gasteiger partial charge is 2.00 e. The van der Waals surface area contributed by atoms with Gasteiger partial charge in [-0.3, -0.25) is 0 Å². The third-order valence-corrected chi connectivity index (χ3v) is 3.24. The second kappa shape index (κ2) is 10.9. The first kappa shape index (κ1) is 23.2. The molecule has 0 N–H and O–H groups in total. The molecule has 128 valence electrons. The van der Waals surface area contributed by atoms with E-state index in [9.17, 15) is 19.8 Å². The zero-order valence-corrected chi connectivity index (χ0v) is 17.9. The van der Waals surface area contributed by atoms with Gasteiger partial charge < -0.3 is 29.3 Å². The van der Waals surface area contributed by atoms with Crippen molar-refractivity contribution in [3.8, 4) is 11.5 Å². The Hall–Kier alpha value is -1.82. The quantitative estimate of drug-likeness (QED) is 0.672. The summed E-state index contributed by atoms with van der Waals surface area (Å²) >= 11 is 11.2. The van der Waals surface area contributed by atoms with Crippen molar-refractivity contribution in [3.05, 3.63) is 57.6 Å². The Morgan fingerprint density at radius 2 is 1.12 bits per heavy atom. The standard InChI is InChI=1S/2C8H7ClO3.Zn/c2*1-12-7-4-5(9)2-3-6(7)8(10)11;/h2*2-4H,1H3,(H,10,11);/q;;+2/p-2. The summed E-state index contributed by atoms with van der Waals surface area (Å²) in [5.74, 6) is -2.13. The second-order valence-corrected chi connectivity index (χ2v) is 5.14. The van der Waals surface area contributed by atoms with Crippen molar-refractivity contribution >= 4 is 35.1 Å². The summed E-state index contributed by atoms with van der Waals surface area (Å²) in [6.07, 6.45) is 0. The average Bonchev–Trinajstić information content (AvgIpc) is 2.54. The summed E-state index contributed by atoms with van der Waals surface area (Å²) in [4.78, 5) is 20.9. The average molecular weight is 437 g/mol. The van der Waals surface area contributed by atoms with E-state index in [1.807, 2.05) is 0 Å². The summed E-state index contributed by atoms with van der Waals surface area (Å²) in [7, 11) is 2.75. The minimum Gasteiger partial charge on any atom is -0.545 e. The minimum atomic E-state index is -1.27. The molecule has 0 radical (unpaired) electrons. The van der Waals surface area contributed by atoms with Gasteiger partial charge in [-0.2, -0.15) is 0 Å². The molecule has 6 nitrogen and oxygen atoms in total. The van der Waals surface area contributed by atoms with E-state index < -0.39 is 11.9 Å². The monoisotopic (exact) mass is 434 g/mol. The zero-order chi connectivity index (χ0) is 18.3. The molecule has 0 saturated carbocycles. The third kappa shape index (κ3) is 6.90. The number of carbonyl (C=O) groups excluding carboxylic acids is 2. The van der Waals surface area contributed by atoms with Crippen LogP contribution in [-0.2, 0) is 19.5 Å². The molecule has 0 aliphatic carbocycles. The molecular formula is C16H12Cl2O6Zn. The van der Waals surface area contributed by atoms with Crippen LogP contribution in [0, 0.1) is 0 Å². The maximum atomic E-state index is 10.5. The topological polar surface area (TPSA) is 98.7 Å². The summed E-state index contributed by atoms with van der Waals surface area (Å²) in [6.45, 7) is 0. The number of carboxylic acids is 2. The molecule has 0 amide bonds. The third-order valence-electron chi connectivity index (χ3n) is 2.77. The van der Waals surface area contributed by atoms with E-state index in [4.69, 9.17) is 32.7 Å². The van der Waals surface area contributed by atoms with E-state index in [-0.39, 0.29) is 42.1 Å². The molecule has 0 aromatic heterocycles. The molecule has 0 saturated heterocycles. The predicted octanol–water partition coefficient (Wildman–Crippen LogP) is 1.42. The van der Waals surface area contributed by atoms with E-state index in [1.165, 1.54) is 50.6 Å². The molecular weight excluding hydrogens is 424 g/mol. The predicted molar refractivity (Wildman–Crippen MR) is 84.7 cm³/mol. The maximum Gasteiger partial charge on any atom is 2.00 e. The number of hydrogen-bond donors (Lipinski definition) is 0.